The smallest absolute Gasteiger partial charge is 0.309 e. The molecule has 1 saturated heterocycles. The maximum atomic E-state index is 12.7. The van der Waals surface area contributed by atoms with Crippen LogP contribution in [0.3, 0.4) is 0 Å². The Balaban J connectivity index is 1.35. The molecule has 0 saturated carbocycles. The second kappa shape index (κ2) is 10.6. The summed E-state index contributed by atoms with van der Waals surface area (Å²) >= 11 is 1.40. The molecule has 0 atom stereocenters. The summed E-state index contributed by atoms with van der Waals surface area (Å²) in [6, 6.07) is 15.2. The van der Waals surface area contributed by atoms with Crippen LogP contribution in [0.5, 0.6) is 0 Å². The van der Waals surface area contributed by atoms with Crippen molar-refractivity contribution in [3.05, 3.63) is 69.5 Å². The maximum Gasteiger partial charge on any atom is 0.309 e. The summed E-state index contributed by atoms with van der Waals surface area (Å²) < 4.78 is 7.11. The Morgan fingerprint density at radius 2 is 1.83 bits per heavy atom. The molecular formula is C26H26N4O4S. The number of nitrogens with zero attached hydrogens (tertiary/aromatic N) is 3. The number of hydrogen-bond acceptors (Lipinski definition) is 6. The number of carbonyl (C=O) groups excluding carboxylic acids is 3. The topological polar surface area (TPSA) is 104 Å². The van der Waals surface area contributed by atoms with E-state index >= 15 is 0 Å². The number of anilines is 1. The summed E-state index contributed by atoms with van der Waals surface area (Å²) in [4.78, 5) is 40.2. The number of ether oxygens (including phenoxy) is 1. The van der Waals surface area contributed by atoms with Crippen LogP contribution in [0.2, 0.25) is 0 Å². The van der Waals surface area contributed by atoms with Crippen LogP contribution in [0, 0.1) is 31.1 Å². The van der Waals surface area contributed by atoms with Crippen LogP contribution in [-0.4, -0.2) is 46.9 Å². The number of thiophene rings is 1. The van der Waals surface area contributed by atoms with Crippen molar-refractivity contribution >= 4 is 34.9 Å². The molecule has 8 nitrogen and oxygen atoms in total. The summed E-state index contributed by atoms with van der Waals surface area (Å²) in [5.41, 5.74) is 2.79. The molecule has 0 bridgehead atoms. The van der Waals surface area contributed by atoms with Gasteiger partial charge in [-0.2, -0.15) is 5.26 Å². The van der Waals surface area contributed by atoms with Gasteiger partial charge in [0, 0.05) is 24.5 Å². The van der Waals surface area contributed by atoms with E-state index in [1.54, 1.807) is 11.0 Å². The van der Waals surface area contributed by atoms with Crippen LogP contribution < -0.4 is 5.32 Å². The number of amides is 2. The van der Waals surface area contributed by atoms with E-state index in [0.717, 1.165) is 16.9 Å². The minimum Gasteiger partial charge on any atom is -0.455 e. The number of nitriles is 1. The van der Waals surface area contributed by atoms with Gasteiger partial charge in [0.05, 0.1) is 16.4 Å². The van der Waals surface area contributed by atoms with Crippen molar-refractivity contribution in [2.75, 3.05) is 25.0 Å². The normalized spacial score (nSPS) is 13.8. The van der Waals surface area contributed by atoms with Crippen molar-refractivity contribution in [2.24, 2.45) is 5.92 Å². The number of benzene rings is 1. The largest absolute Gasteiger partial charge is 0.455 e. The van der Waals surface area contributed by atoms with Crippen LogP contribution in [0.25, 0.3) is 5.69 Å². The third-order valence-corrected chi connectivity index (χ3v) is 7.15. The molecule has 3 heterocycles. The van der Waals surface area contributed by atoms with Gasteiger partial charge >= 0.3 is 5.97 Å². The molecule has 1 aromatic carbocycles. The van der Waals surface area contributed by atoms with Crippen molar-refractivity contribution in [2.45, 2.75) is 26.7 Å². The molecule has 2 aromatic heterocycles. The summed E-state index contributed by atoms with van der Waals surface area (Å²) in [7, 11) is 0. The molecule has 0 spiro atoms. The quantitative estimate of drug-likeness (QED) is 0.525. The third kappa shape index (κ3) is 5.12. The Labute approximate surface area is 207 Å². The van der Waals surface area contributed by atoms with Crippen LogP contribution in [0.1, 0.15) is 39.3 Å². The molecule has 1 fully saturated rings. The third-order valence-electron chi connectivity index (χ3n) is 6.29. The average molecular weight is 491 g/mol. The van der Waals surface area contributed by atoms with Crippen molar-refractivity contribution in [3.8, 4) is 11.8 Å². The van der Waals surface area contributed by atoms with Crippen LogP contribution >= 0.6 is 11.3 Å². The number of likely N-dealkylation sites (tertiary alicyclic amines) is 1. The molecular weight excluding hydrogens is 464 g/mol. The Bertz CT molecular complexity index is 1270. The Hall–Kier alpha value is -3.90. The van der Waals surface area contributed by atoms with E-state index in [9.17, 15) is 19.6 Å². The van der Waals surface area contributed by atoms with E-state index in [4.69, 9.17) is 4.74 Å². The molecule has 3 aromatic rings. The number of aromatic nitrogens is 1. The van der Waals surface area contributed by atoms with Crippen LogP contribution in [0.4, 0.5) is 5.82 Å². The highest BCUT2D eigenvalue weighted by molar-refractivity contribution is 7.12. The number of nitrogens with one attached hydrogen (secondary N) is 1. The molecule has 1 aliphatic rings. The molecule has 180 valence electrons. The van der Waals surface area contributed by atoms with Crippen LogP contribution in [0.15, 0.2) is 47.8 Å². The van der Waals surface area contributed by atoms with Crippen molar-refractivity contribution in [1.82, 2.24) is 9.47 Å². The summed E-state index contributed by atoms with van der Waals surface area (Å²) in [5, 5.41) is 14.3. The first-order valence-corrected chi connectivity index (χ1v) is 12.2. The lowest BCUT2D eigenvalue weighted by Crippen LogP contribution is -2.40. The van der Waals surface area contributed by atoms with E-state index in [2.05, 4.69) is 11.4 Å². The van der Waals surface area contributed by atoms with Gasteiger partial charge in [-0.25, -0.2) is 0 Å². The number of para-hydroxylation sites is 1. The SMILES string of the molecule is Cc1c(C#N)c(NC(=O)COC(=O)C2CCN(C(=O)c3cccs3)CC2)n(-c2ccccc2)c1C. The minimum atomic E-state index is -0.519. The summed E-state index contributed by atoms with van der Waals surface area (Å²) in [5.74, 6) is -0.992. The summed E-state index contributed by atoms with van der Waals surface area (Å²) in [6.45, 7) is 4.21. The maximum absolute atomic E-state index is 12.7. The van der Waals surface area contributed by atoms with Gasteiger partial charge < -0.3 is 15.0 Å². The molecule has 4 rings (SSSR count). The zero-order chi connectivity index (χ0) is 24.9. The predicted molar refractivity (Wildman–Crippen MR) is 132 cm³/mol. The molecule has 0 aliphatic carbocycles. The molecule has 2 amide bonds. The number of carbonyl (C=O) groups is 3. The van der Waals surface area contributed by atoms with Gasteiger partial charge in [-0.1, -0.05) is 24.3 Å². The number of hydrogen-bond donors (Lipinski definition) is 1. The monoisotopic (exact) mass is 490 g/mol. The van der Waals surface area contributed by atoms with Crippen molar-refractivity contribution < 1.29 is 19.1 Å². The van der Waals surface area contributed by atoms with Gasteiger partial charge in [0.25, 0.3) is 11.8 Å². The standard InChI is InChI=1S/C26H26N4O4S/c1-17-18(2)30(20-7-4-3-5-8-20)24(21(17)15-27)28-23(31)16-34-26(33)19-10-12-29(13-11-19)25(32)22-9-6-14-35-22/h3-9,14,19H,10-13,16H2,1-2H3,(H,28,31). The fourth-order valence-corrected chi connectivity index (χ4v) is 4.95. The highest BCUT2D eigenvalue weighted by atomic mass is 32.1. The van der Waals surface area contributed by atoms with Gasteiger partial charge in [0.2, 0.25) is 0 Å². The fourth-order valence-electron chi connectivity index (χ4n) is 4.26. The van der Waals surface area contributed by atoms with Crippen molar-refractivity contribution in [1.29, 1.82) is 5.26 Å². The van der Waals surface area contributed by atoms with Gasteiger partial charge in [0.15, 0.2) is 6.61 Å². The minimum absolute atomic E-state index is 0.0218. The predicted octanol–water partition coefficient (Wildman–Crippen LogP) is 4.06. The average Bonchev–Trinajstić information content (AvgIpc) is 3.50. The van der Waals surface area contributed by atoms with Crippen LogP contribution in [-0.2, 0) is 14.3 Å². The first-order valence-electron chi connectivity index (χ1n) is 11.4. The lowest BCUT2D eigenvalue weighted by molar-refractivity contribution is -0.152. The summed E-state index contributed by atoms with van der Waals surface area (Å²) in [6.07, 6.45) is 0.983. The molecule has 0 radical (unpaired) electrons. The second-order valence-electron chi connectivity index (χ2n) is 8.42. The molecule has 1 N–H and O–H groups in total. The number of rotatable bonds is 6. The first-order chi connectivity index (χ1) is 16.9. The lowest BCUT2D eigenvalue weighted by atomic mass is 9.97. The zero-order valence-corrected chi connectivity index (χ0v) is 20.4. The molecule has 1 aliphatic heterocycles. The van der Waals surface area contributed by atoms with E-state index in [1.807, 2.05) is 60.2 Å². The van der Waals surface area contributed by atoms with E-state index in [1.165, 1.54) is 11.3 Å². The second-order valence-corrected chi connectivity index (χ2v) is 9.36. The van der Waals surface area contributed by atoms with E-state index in [-0.39, 0.29) is 11.8 Å². The molecule has 0 unspecified atom stereocenters. The fraction of sp³-hybridized carbons (Fsp3) is 0.308. The lowest BCUT2D eigenvalue weighted by Gasteiger charge is -2.30. The molecule has 9 heteroatoms. The Morgan fingerprint density at radius 1 is 1.11 bits per heavy atom. The zero-order valence-electron chi connectivity index (χ0n) is 19.6. The Morgan fingerprint density at radius 3 is 2.46 bits per heavy atom. The number of piperidine rings is 1. The van der Waals surface area contributed by atoms with Gasteiger partial charge in [0.1, 0.15) is 11.9 Å². The first kappa shape index (κ1) is 24.2. The van der Waals surface area contributed by atoms with Gasteiger partial charge in [-0.05, 0) is 55.8 Å². The highest BCUT2D eigenvalue weighted by Crippen LogP contribution is 2.30. The van der Waals surface area contributed by atoms with Gasteiger partial charge in [-0.15, -0.1) is 11.3 Å². The molecule has 35 heavy (non-hydrogen) atoms. The highest BCUT2D eigenvalue weighted by Gasteiger charge is 2.29. The van der Waals surface area contributed by atoms with Gasteiger partial charge in [-0.3, -0.25) is 19.0 Å². The van der Waals surface area contributed by atoms with E-state index in [0.29, 0.717) is 42.2 Å². The Kier molecular flexibility index (Phi) is 7.32. The van der Waals surface area contributed by atoms with Crippen molar-refractivity contribution in [3.63, 3.8) is 0 Å². The number of esters is 1. The van der Waals surface area contributed by atoms with E-state index < -0.39 is 18.5 Å².